The lowest BCUT2D eigenvalue weighted by atomic mass is 10.0. The average molecular weight is 408 g/mol. The number of benzene rings is 1. The van der Waals surface area contributed by atoms with Crippen molar-refractivity contribution >= 4 is 23.4 Å². The van der Waals surface area contributed by atoms with Gasteiger partial charge in [0.15, 0.2) is 11.0 Å². The number of aromatic nitrogens is 4. The van der Waals surface area contributed by atoms with Crippen LogP contribution < -0.4 is 5.32 Å². The number of pyridine rings is 1. The van der Waals surface area contributed by atoms with E-state index in [0.29, 0.717) is 12.0 Å². The van der Waals surface area contributed by atoms with E-state index in [1.54, 1.807) is 12.4 Å². The first kappa shape index (κ1) is 19.6. The molecule has 3 aromatic rings. The lowest BCUT2D eigenvalue weighted by molar-refractivity contribution is -0.115. The van der Waals surface area contributed by atoms with Crippen LogP contribution in [-0.2, 0) is 4.79 Å². The maximum absolute atomic E-state index is 12.7. The Balaban J connectivity index is 1.47. The summed E-state index contributed by atoms with van der Waals surface area (Å²) in [6, 6.07) is 12.3. The first-order chi connectivity index (χ1) is 14.0. The first-order valence-corrected chi connectivity index (χ1v) is 10.8. The van der Waals surface area contributed by atoms with E-state index in [4.69, 9.17) is 0 Å². The molecule has 1 saturated carbocycles. The smallest absolute Gasteiger partial charge is 0.237 e. The number of carbonyl (C=O) groups excluding carboxylic acids is 1. The second kappa shape index (κ2) is 8.37. The van der Waals surface area contributed by atoms with Crippen LogP contribution in [0.5, 0.6) is 0 Å². The van der Waals surface area contributed by atoms with Gasteiger partial charge in [0.1, 0.15) is 0 Å². The molecule has 0 unspecified atom stereocenters. The Kier molecular flexibility index (Phi) is 5.67. The number of anilines is 1. The third-order valence-electron chi connectivity index (χ3n) is 5.01. The zero-order valence-electron chi connectivity index (χ0n) is 16.9. The molecule has 7 heteroatoms. The van der Waals surface area contributed by atoms with Crippen molar-refractivity contribution in [2.45, 2.75) is 56.0 Å². The highest BCUT2D eigenvalue weighted by Crippen LogP contribution is 2.41. The van der Waals surface area contributed by atoms with Gasteiger partial charge in [-0.15, -0.1) is 10.2 Å². The van der Waals surface area contributed by atoms with E-state index in [1.165, 1.54) is 17.3 Å². The van der Waals surface area contributed by atoms with Crippen molar-refractivity contribution in [3.05, 3.63) is 54.4 Å². The molecule has 0 radical (unpaired) electrons. The second-order valence-electron chi connectivity index (χ2n) is 7.67. The van der Waals surface area contributed by atoms with Crippen molar-refractivity contribution in [2.24, 2.45) is 0 Å². The van der Waals surface area contributed by atoms with Crippen LogP contribution in [0.1, 0.15) is 51.1 Å². The molecule has 1 N–H and O–H groups in total. The molecular weight excluding hydrogens is 382 g/mol. The largest absolute Gasteiger partial charge is 0.325 e. The molecule has 1 aliphatic rings. The summed E-state index contributed by atoms with van der Waals surface area (Å²) in [5.74, 6) is 1.27. The minimum atomic E-state index is -0.285. The quantitative estimate of drug-likeness (QED) is 0.563. The molecule has 1 aliphatic carbocycles. The van der Waals surface area contributed by atoms with Crippen LogP contribution in [0.4, 0.5) is 5.69 Å². The number of nitrogens with one attached hydrogen (secondary N) is 1. The summed E-state index contributed by atoms with van der Waals surface area (Å²) >= 11 is 1.45. The highest BCUT2D eigenvalue weighted by atomic mass is 32.2. The molecule has 0 spiro atoms. The molecule has 0 aliphatic heterocycles. The van der Waals surface area contributed by atoms with Gasteiger partial charge in [0.25, 0.3) is 0 Å². The van der Waals surface area contributed by atoms with Gasteiger partial charge in [-0.1, -0.05) is 37.7 Å². The van der Waals surface area contributed by atoms with Gasteiger partial charge in [-0.05, 0) is 55.5 Å². The molecule has 2 heterocycles. The SMILES string of the molecule is CC(C)c1ccc(NC(=O)[C@H](C)Sc2nnc(-c3ccncc3)n2C2CC2)cc1. The normalized spacial score (nSPS) is 14.8. The minimum absolute atomic E-state index is 0.0388. The van der Waals surface area contributed by atoms with Crippen molar-refractivity contribution in [1.82, 2.24) is 19.7 Å². The summed E-state index contributed by atoms with van der Waals surface area (Å²) < 4.78 is 2.17. The van der Waals surface area contributed by atoms with Gasteiger partial charge in [-0.25, -0.2) is 0 Å². The van der Waals surface area contributed by atoms with Crippen LogP contribution in [0, 0.1) is 0 Å². The van der Waals surface area contributed by atoms with Gasteiger partial charge in [-0.3, -0.25) is 14.3 Å². The Hall–Kier alpha value is -2.67. The number of hydrogen-bond donors (Lipinski definition) is 1. The zero-order valence-corrected chi connectivity index (χ0v) is 17.7. The number of carbonyl (C=O) groups is 1. The van der Waals surface area contributed by atoms with Crippen LogP contribution in [0.25, 0.3) is 11.4 Å². The Morgan fingerprint density at radius 1 is 1.07 bits per heavy atom. The topological polar surface area (TPSA) is 72.7 Å². The summed E-state index contributed by atoms with van der Waals surface area (Å²) in [5, 5.41) is 12.3. The third kappa shape index (κ3) is 4.50. The van der Waals surface area contributed by atoms with Crippen LogP contribution in [0.2, 0.25) is 0 Å². The lowest BCUT2D eigenvalue weighted by Crippen LogP contribution is -2.23. The molecule has 1 atom stereocenters. The maximum Gasteiger partial charge on any atom is 0.237 e. The van der Waals surface area contributed by atoms with E-state index in [9.17, 15) is 4.79 Å². The molecule has 1 aromatic carbocycles. The lowest BCUT2D eigenvalue weighted by Gasteiger charge is -2.14. The van der Waals surface area contributed by atoms with Crippen molar-refractivity contribution in [3.63, 3.8) is 0 Å². The molecular formula is C22H25N5OS. The molecule has 150 valence electrons. The van der Waals surface area contributed by atoms with Crippen LogP contribution in [-0.4, -0.2) is 30.9 Å². The highest BCUT2D eigenvalue weighted by molar-refractivity contribution is 8.00. The van der Waals surface area contributed by atoms with Crippen molar-refractivity contribution in [2.75, 3.05) is 5.32 Å². The fourth-order valence-corrected chi connectivity index (χ4v) is 4.04. The summed E-state index contributed by atoms with van der Waals surface area (Å²) in [6.45, 7) is 6.21. The number of thioether (sulfide) groups is 1. The Labute approximate surface area is 175 Å². The van der Waals surface area contributed by atoms with Crippen molar-refractivity contribution < 1.29 is 4.79 Å². The third-order valence-corrected chi connectivity index (χ3v) is 6.07. The van der Waals surface area contributed by atoms with Gasteiger partial charge in [0.2, 0.25) is 5.91 Å². The number of nitrogens with zero attached hydrogens (tertiary/aromatic N) is 4. The van der Waals surface area contributed by atoms with Crippen LogP contribution in [0.15, 0.2) is 53.9 Å². The van der Waals surface area contributed by atoms with E-state index in [1.807, 2.05) is 31.2 Å². The summed E-state index contributed by atoms with van der Waals surface area (Å²) in [6.07, 6.45) is 5.75. The number of amides is 1. The van der Waals surface area contributed by atoms with Gasteiger partial charge < -0.3 is 5.32 Å². The highest BCUT2D eigenvalue weighted by Gasteiger charge is 2.31. The van der Waals surface area contributed by atoms with Gasteiger partial charge in [-0.2, -0.15) is 0 Å². The maximum atomic E-state index is 12.7. The fourth-order valence-electron chi connectivity index (χ4n) is 3.12. The average Bonchev–Trinajstić information content (AvgIpc) is 3.49. The second-order valence-corrected chi connectivity index (χ2v) is 8.98. The molecule has 4 rings (SSSR count). The van der Waals surface area contributed by atoms with E-state index in [-0.39, 0.29) is 11.2 Å². The summed E-state index contributed by atoms with van der Waals surface area (Å²) in [5.41, 5.74) is 3.06. The molecule has 6 nitrogen and oxygen atoms in total. The van der Waals surface area contributed by atoms with Crippen molar-refractivity contribution in [1.29, 1.82) is 0 Å². The Morgan fingerprint density at radius 3 is 2.38 bits per heavy atom. The van der Waals surface area contributed by atoms with Gasteiger partial charge in [0.05, 0.1) is 5.25 Å². The van der Waals surface area contributed by atoms with Gasteiger partial charge >= 0.3 is 0 Å². The summed E-state index contributed by atoms with van der Waals surface area (Å²) in [4.78, 5) is 16.8. The Morgan fingerprint density at radius 2 is 1.76 bits per heavy atom. The van der Waals surface area contributed by atoms with E-state index >= 15 is 0 Å². The predicted octanol–water partition coefficient (Wildman–Crippen LogP) is 4.92. The molecule has 2 aromatic heterocycles. The van der Waals surface area contributed by atoms with Crippen LogP contribution >= 0.6 is 11.8 Å². The molecule has 0 bridgehead atoms. The first-order valence-electron chi connectivity index (χ1n) is 9.95. The minimum Gasteiger partial charge on any atom is -0.325 e. The van der Waals surface area contributed by atoms with Crippen LogP contribution in [0.3, 0.4) is 0 Å². The summed E-state index contributed by atoms with van der Waals surface area (Å²) in [7, 11) is 0. The Bertz CT molecular complexity index is 980. The number of rotatable bonds is 7. The molecule has 0 saturated heterocycles. The molecule has 29 heavy (non-hydrogen) atoms. The monoisotopic (exact) mass is 407 g/mol. The van der Waals surface area contributed by atoms with E-state index in [0.717, 1.165) is 35.1 Å². The standard InChI is InChI=1S/C22H25N5OS/c1-14(2)16-4-6-18(7-5-16)24-21(28)15(3)29-22-26-25-20(27(22)19-8-9-19)17-10-12-23-13-11-17/h4-7,10-15,19H,8-9H2,1-3H3,(H,24,28)/t15-/m0/s1. The van der Waals surface area contributed by atoms with E-state index in [2.05, 4.69) is 51.0 Å². The van der Waals surface area contributed by atoms with Gasteiger partial charge in [0, 0.05) is 29.7 Å². The molecule has 1 amide bonds. The predicted molar refractivity (Wildman–Crippen MR) is 116 cm³/mol. The fraction of sp³-hybridized carbons (Fsp3) is 0.364. The number of hydrogen-bond acceptors (Lipinski definition) is 5. The van der Waals surface area contributed by atoms with Crippen molar-refractivity contribution in [3.8, 4) is 11.4 Å². The molecule has 1 fully saturated rings. The van der Waals surface area contributed by atoms with E-state index < -0.39 is 0 Å². The zero-order chi connectivity index (χ0) is 20.4.